The summed E-state index contributed by atoms with van der Waals surface area (Å²) in [6, 6.07) is 3.49. The zero-order valence-electron chi connectivity index (χ0n) is 8.78. The van der Waals surface area contributed by atoms with Gasteiger partial charge in [0.1, 0.15) is 6.04 Å². The molecule has 2 N–H and O–H groups in total. The first-order valence-electron chi connectivity index (χ1n) is 5.37. The highest BCUT2D eigenvalue weighted by Gasteiger charge is 2.35. The Labute approximate surface area is 103 Å². The number of halogens is 1. The number of carbonyl (C=O) groups is 1. The molecule has 1 unspecified atom stereocenters. The molecule has 1 aromatic heterocycles. The maximum absolute atomic E-state index is 10.9. The lowest BCUT2D eigenvalue weighted by molar-refractivity contribution is -0.140. The van der Waals surface area contributed by atoms with Gasteiger partial charge in [0.25, 0.3) is 0 Å². The maximum atomic E-state index is 10.9. The van der Waals surface area contributed by atoms with Gasteiger partial charge in [0.05, 0.1) is 4.34 Å². The summed E-state index contributed by atoms with van der Waals surface area (Å²) in [6.07, 6.45) is 2.91. The van der Waals surface area contributed by atoms with E-state index in [0.717, 1.165) is 23.6 Å². The van der Waals surface area contributed by atoms with Crippen molar-refractivity contribution in [3.63, 3.8) is 0 Å². The van der Waals surface area contributed by atoms with Crippen molar-refractivity contribution < 1.29 is 9.90 Å². The van der Waals surface area contributed by atoms with E-state index in [1.165, 1.54) is 4.88 Å². The molecule has 88 valence electrons. The number of nitrogens with one attached hydrogen (secondary N) is 1. The van der Waals surface area contributed by atoms with Crippen molar-refractivity contribution in [2.45, 2.75) is 25.3 Å². The Kier molecular flexibility index (Phi) is 3.84. The molecule has 16 heavy (non-hydrogen) atoms. The summed E-state index contributed by atoms with van der Waals surface area (Å²) in [5.41, 5.74) is 0. The first-order valence-corrected chi connectivity index (χ1v) is 6.56. The van der Waals surface area contributed by atoms with E-state index in [2.05, 4.69) is 5.32 Å². The van der Waals surface area contributed by atoms with Crippen LogP contribution in [-0.2, 0) is 11.2 Å². The molecule has 0 aliphatic heterocycles. The van der Waals surface area contributed by atoms with Crippen LogP contribution < -0.4 is 5.32 Å². The molecule has 1 atom stereocenters. The van der Waals surface area contributed by atoms with Crippen molar-refractivity contribution in [2.75, 3.05) is 6.54 Å². The van der Waals surface area contributed by atoms with E-state index < -0.39 is 5.97 Å². The third-order valence-electron chi connectivity index (χ3n) is 2.72. The van der Waals surface area contributed by atoms with Gasteiger partial charge in [0.2, 0.25) is 0 Å². The molecule has 1 fully saturated rings. The van der Waals surface area contributed by atoms with Crippen LogP contribution in [0.25, 0.3) is 0 Å². The molecule has 1 aliphatic carbocycles. The van der Waals surface area contributed by atoms with Crippen LogP contribution in [0.2, 0.25) is 4.34 Å². The minimum Gasteiger partial charge on any atom is -0.480 e. The van der Waals surface area contributed by atoms with E-state index in [0.29, 0.717) is 12.5 Å². The fourth-order valence-electron chi connectivity index (χ4n) is 1.72. The Morgan fingerprint density at radius 3 is 2.88 bits per heavy atom. The van der Waals surface area contributed by atoms with E-state index in [1.807, 2.05) is 12.1 Å². The molecule has 1 heterocycles. The molecule has 0 bridgehead atoms. The van der Waals surface area contributed by atoms with Gasteiger partial charge >= 0.3 is 5.97 Å². The minimum absolute atomic E-state index is 0.337. The normalized spacial score (nSPS) is 17.3. The molecular formula is C11H14ClNO2S. The number of aliphatic carboxylic acids is 1. The lowest BCUT2D eigenvalue weighted by Crippen LogP contribution is -2.39. The summed E-state index contributed by atoms with van der Waals surface area (Å²) in [5, 5.41) is 12.1. The molecule has 1 aromatic rings. The first-order chi connectivity index (χ1) is 7.66. The summed E-state index contributed by atoms with van der Waals surface area (Å²) in [5.74, 6) is -0.392. The smallest absolute Gasteiger partial charge is 0.320 e. The zero-order valence-corrected chi connectivity index (χ0v) is 10.4. The number of carboxylic acids is 1. The van der Waals surface area contributed by atoms with Crippen LogP contribution >= 0.6 is 22.9 Å². The third-order valence-corrected chi connectivity index (χ3v) is 4.01. The highest BCUT2D eigenvalue weighted by Crippen LogP contribution is 2.32. The van der Waals surface area contributed by atoms with Crippen LogP contribution in [-0.4, -0.2) is 23.7 Å². The van der Waals surface area contributed by atoms with Crippen molar-refractivity contribution in [1.29, 1.82) is 0 Å². The summed E-state index contributed by atoms with van der Waals surface area (Å²) >= 11 is 7.37. The summed E-state index contributed by atoms with van der Waals surface area (Å²) in [7, 11) is 0. The molecule has 0 saturated heterocycles. The zero-order chi connectivity index (χ0) is 11.5. The minimum atomic E-state index is -0.730. The van der Waals surface area contributed by atoms with Gasteiger partial charge < -0.3 is 10.4 Å². The second-order valence-corrected chi connectivity index (χ2v) is 5.86. The SMILES string of the molecule is O=C(O)C(NCCc1ccc(Cl)s1)C1CC1. The number of hydrogen-bond donors (Lipinski definition) is 2. The molecule has 3 nitrogen and oxygen atoms in total. The van der Waals surface area contributed by atoms with Gasteiger partial charge in [-0.15, -0.1) is 11.3 Å². The van der Waals surface area contributed by atoms with Crippen LogP contribution in [0.5, 0.6) is 0 Å². The topological polar surface area (TPSA) is 49.3 Å². The number of carboxylic acid groups (broad SMARTS) is 1. The van der Waals surface area contributed by atoms with Crippen molar-refractivity contribution in [2.24, 2.45) is 5.92 Å². The Morgan fingerprint density at radius 2 is 2.38 bits per heavy atom. The van der Waals surface area contributed by atoms with Gasteiger partial charge in [-0.05, 0) is 37.3 Å². The quantitative estimate of drug-likeness (QED) is 0.825. The first kappa shape index (κ1) is 11.9. The molecular weight excluding hydrogens is 246 g/mol. The predicted octanol–water partition coefficient (Wildman–Crippen LogP) is 2.40. The highest BCUT2D eigenvalue weighted by molar-refractivity contribution is 7.16. The van der Waals surface area contributed by atoms with Gasteiger partial charge in [0.15, 0.2) is 0 Å². The Bertz CT molecular complexity index is 376. The van der Waals surface area contributed by atoms with Gasteiger partial charge in [-0.1, -0.05) is 11.6 Å². The van der Waals surface area contributed by atoms with Crippen molar-refractivity contribution in [3.05, 3.63) is 21.3 Å². The van der Waals surface area contributed by atoms with E-state index in [4.69, 9.17) is 16.7 Å². The fourth-order valence-corrected chi connectivity index (χ4v) is 2.81. The molecule has 0 aromatic carbocycles. The maximum Gasteiger partial charge on any atom is 0.320 e. The monoisotopic (exact) mass is 259 g/mol. The van der Waals surface area contributed by atoms with Crippen LogP contribution in [0.1, 0.15) is 17.7 Å². The molecule has 2 rings (SSSR count). The lowest BCUT2D eigenvalue weighted by Gasteiger charge is -2.12. The molecule has 1 saturated carbocycles. The summed E-state index contributed by atoms with van der Waals surface area (Å²) < 4.78 is 0.784. The van der Waals surface area contributed by atoms with Gasteiger partial charge in [-0.3, -0.25) is 4.79 Å². The largest absolute Gasteiger partial charge is 0.480 e. The molecule has 0 radical (unpaired) electrons. The summed E-state index contributed by atoms with van der Waals surface area (Å²) in [6.45, 7) is 0.699. The van der Waals surface area contributed by atoms with Crippen molar-refractivity contribution in [3.8, 4) is 0 Å². The second kappa shape index (κ2) is 5.17. The predicted molar refractivity (Wildman–Crippen MR) is 65.2 cm³/mol. The Morgan fingerprint density at radius 1 is 1.62 bits per heavy atom. The average molecular weight is 260 g/mol. The number of thiophene rings is 1. The van der Waals surface area contributed by atoms with Gasteiger partial charge in [-0.2, -0.15) is 0 Å². The molecule has 0 spiro atoms. The summed E-state index contributed by atoms with van der Waals surface area (Å²) in [4.78, 5) is 12.1. The van der Waals surface area contributed by atoms with E-state index >= 15 is 0 Å². The van der Waals surface area contributed by atoms with Crippen LogP contribution in [0.3, 0.4) is 0 Å². The Balaban J connectivity index is 1.76. The molecule has 0 amide bonds. The van der Waals surface area contributed by atoms with Crippen LogP contribution in [0.15, 0.2) is 12.1 Å². The number of hydrogen-bond acceptors (Lipinski definition) is 3. The fraction of sp³-hybridized carbons (Fsp3) is 0.545. The van der Waals surface area contributed by atoms with Crippen LogP contribution in [0, 0.1) is 5.92 Å². The van der Waals surface area contributed by atoms with E-state index in [-0.39, 0.29) is 6.04 Å². The molecule has 5 heteroatoms. The van der Waals surface area contributed by atoms with E-state index in [1.54, 1.807) is 11.3 Å². The lowest BCUT2D eigenvalue weighted by atomic mass is 10.2. The van der Waals surface area contributed by atoms with E-state index in [9.17, 15) is 4.79 Å². The second-order valence-electron chi connectivity index (χ2n) is 4.06. The van der Waals surface area contributed by atoms with Gasteiger partial charge in [-0.25, -0.2) is 0 Å². The average Bonchev–Trinajstić information content (AvgIpc) is 2.97. The Hall–Kier alpha value is -0.580. The van der Waals surface area contributed by atoms with Crippen molar-refractivity contribution in [1.82, 2.24) is 5.32 Å². The van der Waals surface area contributed by atoms with Crippen molar-refractivity contribution >= 4 is 28.9 Å². The number of rotatable bonds is 6. The third kappa shape index (κ3) is 3.20. The standard InChI is InChI=1S/C11H14ClNO2S/c12-9-4-3-8(16-9)5-6-13-10(11(14)15)7-1-2-7/h3-4,7,10,13H,1-2,5-6H2,(H,14,15). The molecule has 1 aliphatic rings. The van der Waals surface area contributed by atoms with Gasteiger partial charge in [0, 0.05) is 11.4 Å². The highest BCUT2D eigenvalue weighted by atomic mass is 35.5. The van der Waals surface area contributed by atoms with Crippen LogP contribution in [0.4, 0.5) is 0 Å².